The van der Waals surface area contributed by atoms with E-state index in [1.54, 1.807) is 84.9 Å². The summed E-state index contributed by atoms with van der Waals surface area (Å²) in [4.78, 5) is 67.8. The van der Waals surface area contributed by atoms with E-state index in [1.807, 2.05) is 45.0 Å². The SMILES string of the molecule is C.CC.Cc1ccccc1Nc1nc(Nc2cccc3c2C(=O)c2ccccc2C3=O)nc(Nc2cccc3c2C(=O)c2ccccc2C3=O)n1. The highest BCUT2D eigenvalue weighted by Gasteiger charge is 2.33. The van der Waals surface area contributed by atoms with E-state index in [4.69, 9.17) is 0 Å². The van der Waals surface area contributed by atoms with Gasteiger partial charge in [-0.2, -0.15) is 15.0 Å². The summed E-state index contributed by atoms with van der Waals surface area (Å²) in [6, 6.07) is 31.0. The number of aryl methyl sites for hydroxylation is 1. The Morgan fingerprint density at radius 3 is 1.12 bits per heavy atom. The second-order valence-corrected chi connectivity index (χ2v) is 11.4. The molecule has 0 amide bonds. The highest BCUT2D eigenvalue weighted by atomic mass is 16.1. The second-order valence-electron chi connectivity index (χ2n) is 11.4. The van der Waals surface area contributed by atoms with Gasteiger partial charge in [0.1, 0.15) is 0 Å². The number of hydrogen-bond donors (Lipinski definition) is 3. The van der Waals surface area contributed by atoms with Gasteiger partial charge in [-0.15, -0.1) is 0 Å². The number of nitrogens with one attached hydrogen (secondary N) is 3. The molecule has 0 radical (unpaired) electrons. The smallest absolute Gasteiger partial charge is 0.233 e. The van der Waals surface area contributed by atoms with Crippen LogP contribution in [-0.2, 0) is 0 Å². The number of nitrogens with zero attached hydrogens (tertiary/aromatic N) is 3. The molecule has 0 saturated carbocycles. The molecule has 10 nitrogen and oxygen atoms in total. The molecule has 0 fully saturated rings. The Balaban J connectivity index is 0.00000147. The lowest BCUT2D eigenvalue weighted by molar-refractivity contribution is 0.0979. The van der Waals surface area contributed by atoms with Crippen molar-refractivity contribution >= 4 is 58.0 Å². The first-order chi connectivity index (χ1) is 24.4. The van der Waals surface area contributed by atoms with Crippen LogP contribution in [0.2, 0.25) is 0 Å². The number of anilines is 6. The molecule has 5 aromatic carbocycles. The van der Waals surface area contributed by atoms with E-state index in [-0.39, 0.29) is 70.7 Å². The molecule has 1 heterocycles. The molecule has 0 atom stereocenters. The molecule has 6 aromatic rings. The average Bonchev–Trinajstić information content (AvgIpc) is 3.14. The number of carbonyl (C=O) groups excluding carboxylic acids is 4. The first-order valence-electron chi connectivity index (χ1n) is 16.1. The zero-order valence-electron chi connectivity index (χ0n) is 27.4. The van der Waals surface area contributed by atoms with Gasteiger partial charge in [-0.3, -0.25) is 19.2 Å². The lowest BCUT2D eigenvalue weighted by atomic mass is 9.83. The van der Waals surface area contributed by atoms with E-state index in [9.17, 15) is 19.2 Å². The molecule has 0 unspecified atom stereocenters. The van der Waals surface area contributed by atoms with Crippen molar-refractivity contribution < 1.29 is 19.2 Å². The van der Waals surface area contributed by atoms with Crippen molar-refractivity contribution in [2.45, 2.75) is 28.2 Å². The Labute approximate surface area is 295 Å². The molecule has 0 spiro atoms. The summed E-state index contributed by atoms with van der Waals surface area (Å²) in [6.45, 7) is 5.94. The highest BCUT2D eigenvalue weighted by molar-refractivity contribution is 6.31. The molecule has 8 rings (SSSR count). The minimum atomic E-state index is -0.298. The van der Waals surface area contributed by atoms with E-state index >= 15 is 0 Å². The standard InChI is InChI=1S/C38H24N6O4.C2H6.CH4/c1-20-10-2-7-17-27(20)39-36-42-37(40-28-18-8-15-25-30(28)34(47)23-13-5-3-11-21(23)32(25)45)44-38(43-36)41-29-19-9-16-26-31(29)35(48)24-14-6-4-12-22(24)33(26)46;1-2;/h2-19H,1H3,(H3,39,40,41,42,43,44);1-2H3;1H4. The van der Waals surface area contributed by atoms with Gasteiger partial charge in [-0.1, -0.05) is 112 Å². The number of hydrogen-bond acceptors (Lipinski definition) is 10. The summed E-state index contributed by atoms with van der Waals surface area (Å²) in [5.74, 6) is -0.805. The second kappa shape index (κ2) is 14.0. The lowest BCUT2D eigenvalue weighted by Crippen LogP contribution is -2.22. The van der Waals surface area contributed by atoms with E-state index in [2.05, 4.69) is 30.9 Å². The predicted octanol–water partition coefficient (Wildman–Crippen LogP) is 8.62. The van der Waals surface area contributed by atoms with Crippen LogP contribution in [0.25, 0.3) is 0 Å². The summed E-state index contributed by atoms with van der Waals surface area (Å²) in [6.07, 6.45) is 0. The third-order valence-corrected chi connectivity index (χ3v) is 8.42. The van der Waals surface area contributed by atoms with Gasteiger partial charge >= 0.3 is 0 Å². The van der Waals surface area contributed by atoms with E-state index < -0.39 is 0 Å². The van der Waals surface area contributed by atoms with E-state index in [0.717, 1.165) is 11.3 Å². The summed E-state index contributed by atoms with van der Waals surface area (Å²) in [5.41, 5.74) is 4.69. The minimum Gasteiger partial charge on any atom is -0.324 e. The predicted molar refractivity (Wildman–Crippen MR) is 198 cm³/mol. The van der Waals surface area contributed by atoms with Crippen molar-refractivity contribution in [1.29, 1.82) is 0 Å². The average molecular weight is 675 g/mol. The van der Waals surface area contributed by atoms with Crippen molar-refractivity contribution in [1.82, 2.24) is 15.0 Å². The largest absolute Gasteiger partial charge is 0.324 e. The summed E-state index contributed by atoms with van der Waals surface area (Å²) in [5, 5.41) is 9.49. The van der Waals surface area contributed by atoms with Crippen LogP contribution in [0.15, 0.2) is 109 Å². The molecule has 0 aliphatic heterocycles. The highest BCUT2D eigenvalue weighted by Crippen LogP contribution is 2.35. The van der Waals surface area contributed by atoms with Crippen LogP contribution in [-0.4, -0.2) is 38.1 Å². The zero-order valence-corrected chi connectivity index (χ0v) is 27.4. The molecule has 0 bridgehead atoms. The number of carbonyl (C=O) groups is 4. The topological polar surface area (TPSA) is 143 Å². The van der Waals surface area contributed by atoms with Crippen molar-refractivity contribution in [2.75, 3.05) is 16.0 Å². The number of rotatable bonds is 6. The van der Waals surface area contributed by atoms with Crippen LogP contribution in [0.3, 0.4) is 0 Å². The third-order valence-electron chi connectivity index (χ3n) is 8.42. The molecule has 1 aromatic heterocycles. The fourth-order valence-electron chi connectivity index (χ4n) is 6.12. The fourth-order valence-corrected chi connectivity index (χ4v) is 6.12. The maximum atomic E-state index is 13.7. The van der Waals surface area contributed by atoms with Crippen LogP contribution >= 0.6 is 0 Å². The Morgan fingerprint density at radius 2 is 0.706 bits per heavy atom. The van der Waals surface area contributed by atoms with Gasteiger partial charge in [0, 0.05) is 39.1 Å². The molecule has 0 saturated heterocycles. The quantitative estimate of drug-likeness (QED) is 0.157. The number of fused-ring (bicyclic) bond motifs is 4. The van der Waals surface area contributed by atoms with Crippen LogP contribution < -0.4 is 16.0 Å². The Bertz CT molecular complexity index is 2250. The van der Waals surface area contributed by atoms with E-state index in [0.29, 0.717) is 33.6 Å². The molecule has 51 heavy (non-hydrogen) atoms. The summed E-state index contributed by atoms with van der Waals surface area (Å²) >= 11 is 0. The van der Waals surface area contributed by atoms with E-state index in [1.165, 1.54) is 0 Å². The molecule has 10 heteroatoms. The van der Waals surface area contributed by atoms with Gasteiger partial charge in [-0.25, -0.2) is 0 Å². The van der Waals surface area contributed by atoms with Crippen LogP contribution in [0.5, 0.6) is 0 Å². The zero-order chi connectivity index (χ0) is 34.9. The molecule has 2 aliphatic carbocycles. The van der Waals surface area contributed by atoms with Gasteiger partial charge in [0.25, 0.3) is 0 Å². The normalized spacial score (nSPS) is 12.2. The van der Waals surface area contributed by atoms with Gasteiger partial charge < -0.3 is 16.0 Å². The Kier molecular flexibility index (Phi) is 9.33. The van der Waals surface area contributed by atoms with Gasteiger partial charge in [0.05, 0.1) is 22.5 Å². The maximum Gasteiger partial charge on any atom is 0.233 e. The van der Waals surface area contributed by atoms with Crippen molar-refractivity contribution in [3.63, 3.8) is 0 Å². The van der Waals surface area contributed by atoms with Crippen LogP contribution in [0.4, 0.5) is 34.9 Å². The number of para-hydroxylation sites is 1. The fraction of sp³-hybridized carbons (Fsp3) is 0.0976. The van der Waals surface area contributed by atoms with Crippen molar-refractivity contribution in [3.8, 4) is 0 Å². The molecular weight excluding hydrogens is 640 g/mol. The number of ketones is 4. The first-order valence-corrected chi connectivity index (χ1v) is 16.1. The summed E-state index contributed by atoms with van der Waals surface area (Å²) in [7, 11) is 0. The van der Waals surface area contributed by atoms with Crippen molar-refractivity contribution in [3.05, 3.63) is 159 Å². The lowest BCUT2D eigenvalue weighted by Gasteiger charge is -2.21. The Morgan fingerprint density at radius 1 is 0.392 bits per heavy atom. The first kappa shape index (κ1) is 34.1. The van der Waals surface area contributed by atoms with Crippen LogP contribution in [0.1, 0.15) is 90.5 Å². The van der Waals surface area contributed by atoms with Gasteiger partial charge in [-0.05, 0) is 30.7 Å². The molecular formula is C41H34N6O4. The molecule has 3 N–H and O–H groups in total. The molecule has 252 valence electrons. The minimum absolute atomic E-state index is 0. The van der Waals surface area contributed by atoms with Crippen LogP contribution in [0, 0.1) is 6.92 Å². The third kappa shape index (κ3) is 6.04. The maximum absolute atomic E-state index is 13.7. The van der Waals surface area contributed by atoms with Gasteiger partial charge in [0.2, 0.25) is 17.8 Å². The number of benzene rings is 5. The van der Waals surface area contributed by atoms with Crippen molar-refractivity contribution in [2.24, 2.45) is 0 Å². The Hall–Kier alpha value is -6.81. The monoisotopic (exact) mass is 674 g/mol. The van der Waals surface area contributed by atoms with Gasteiger partial charge in [0.15, 0.2) is 23.1 Å². The molecule has 2 aliphatic rings. The summed E-state index contributed by atoms with van der Waals surface area (Å²) < 4.78 is 0. The number of aromatic nitrogens is 3.